The molecule has 1 aromatic carbocycles. The first-order valence-corrected chi connectivity index (χ1v) is 20.7. The van der Waals surface area contributed by atoms with Gasteiger partial charge >= 0.3 is 6.18 Å². The second-order valence-electron chi connectivity index (χ2n) is 13.5. The molecular weight excluding hydrogens is 679 g/mol. The number of alkyl halides is 3. The van der Waals surface area contributed by atoms with Gasteiger partial charge in [0.15, 0.2) is 0 Å². The fourth-order valence-electron chi connectivity index (χ4n) is 7.26. The smallest absolute Gasteiger partial charge is 0.381 e. The predicted octanol–water partition coefficient (Wildman–Crippen LogP) is 10.3. The van der Waals surface area contributed by atoms with Crippen molar-refractivity contribution >= 4 is 11.8 Å². The molecular formula is C43H76F3N3O4. The van der Waals surface area contributed by atoms with E-state index in [0.717, 1.165) is 89.3 Å². The lowest BCUT2D eigenvalue weighted by atomic mass is 9.92. The summed E-state index contributed by atoms with van der Waals surface area (Å²) in [6.07, 6.45) is 11.9. The van der Waals surface area contributed by atoms with Gasteiger partial charge in [0.05, 0.1) is 17.6 Å². The summed E-state index contributed by atoms with van der Waals surface area (Å²) in [5.74, 6) is 0.366. The van der Waals surface area contributed by atoms with Crippen molar-refractivity contribution in [2.75, 3.05) is 46.5 Å². The van der Waals surface area contributed by atoms with Crippen molar-refractivity contribution < 1.29 is 32.2 Å². The summed E-state index contributed by atoms with van der Waals surface area (Å²) < 4.78 is 49.3. The number of nitrogens with two attached hydrogens (primary N) is 1. The minimum atomic E-state index is -4.32. The van der Waals surface area contributed by atoms with E-state index < -0.39 is 11.7 Å². The van der Waals surface area contributed by atoms with Crippen LogP contribution in [0.25, 0.3) is 0 Å². The van der Waals surface area contributed by atoms with Gasteiger partial charge in [0, 0.05) is 57.8 Å². The van der Waals surface area contributed by atoms with E-state index in [1.165, 1.54) is 25.3 Å². The number of nitrogens with zero attached hydrogens (tertiary/aromatic N) is 2. The fraction of sp³-hybridized carbons (Fsp3) is 0.767. The molecule has 53 heavy (non-hydrogen) atoms. The van der Waals surface area contributed by atoms with Crippen molar-refractivity contribution in [3.8, 4) is 0 Å². The molecule has 0 aromatic heterocycles. The normalized spacial score (nSPS) is 21.3. The van der Waals surface area contributed by atoms with Gasteiger partial charge in [-0.05, 0) is 94.5 Å². The number of allylic oxidation sites excluding steroid dienone is 1. The SMILES string of the molecule is CC.CC.CC.CCCC(CCC)C(N)=O.COC1C=CCCC1.Cc1cc(C(F)(F)F)ccc1C1CCN(C(=O)C2CCN(C3CCOCC3)C2)C1. The van der Waals surface area contributed by atoms with Gasteiger partial charge in [0.2, 0.25) is 11.8 Å². The summed E-state index contributed by atoms with van der Waals surface area (Å²) in [6.45, 7) is 22.6. The molecule has 3 fully saturated rings. The fourth-order valence-corrected chi connectivity index (χ4v) is 7.26. The number of aryl methyl sites for hydroxylation is 1. The Morgan fingerprint density at radius 1 is 0.925 bits per heavy atom. The Morgan fingerprint density at radius 2 is 1.55 bits per heavy atom. The highest BCUT2D eigenvalue weighted by molar-refractivity contribution is 5.80. The molecule has 1 aromatic rings. The molecule has 0 spiro atoms. The first-order chi connectivity index (χ1) is 25.5. The number of benzene rings is 1. The number of likely N-dealkylation sites (tertiary alicyclic amines) is 2. The molecule has 2 N–H and O–H groups in total. The van der Waals surface area contributed by atoms with Crippen LogP contribution in [-0.2, 0) is 25.2 Å². The van der Waals surface area contributed by atoms with Crippen molar-refractivity contribution in [3.63, 3.8) is 0 Å². The van der Waals surface area contributed by atoms with E-state index in [9.17, 15) is 22.8 Å². The molecule has 3 unspecified atom stereocenters. The van der Waals surface area contributed by atoms with Gasteiger partial charge < -0.3 is 20.1 Å². The summed E-state index contributed by atoms with van der Waals surface area (Å²) in [5.41, 5.74) is 6.15. The molecule has 0 saturated carbocycles. The first-order valence-electron chi connectivity index (χ1n) is 20.7. The van der Waals surface area contributed by atoms with Crippen molar-refractivity contribution in [3.05, 3.63) is 47.0 Å². The Morgan fingerprint density at radius 3 is 2.02 bits per heavy atom. The van der Waals surface area contributed by atoms with E-state index in [2.05, 4.69) is 30.9 Å². The zero-order chi connectivity index (χ0) is 40.4. The molecule has 0 bridgehead atoms. The average molecular weight is 756 g/mol. The van der Waals surface area contributed by atoms with Gasteiger partial charge in [-0.2, -0.15) is 13.2 Å². The Hall–Kier alpha value is -2.43. The maximum atomic E-state index is 13.0. The number of methoxy groups -OCH3 is 1. The van der Waals surface area contributed by atoms with Gasteiger partial charge in [0.1, 0.15) is 0 Å². The first kappa shape index (κ1) is 50.6. The quantitative estimate of drug-likeness (QED) is 0.254. The standard InChI is InChI=1S/C22H29F3N2O2.C8H17NO.C7H12O.3C2H6/c1-15-12-18(22(23,24)25)2-3-20(15)16-4-9-27(13-16)21(28)17-5-8-26(14-17)19-6-10-29-11-7-19;1-3-5-7(6-4-2)8(9)10;1-8-7-5-3-2-4-6-7;3*1-2/h2-3,12,16-17,19H,4-11,13-14H2,1H3;7H,3-6H2,1-2H3,(H2,9,10);3,5,7H,2,4,6H2,1H3;3*1-2H3. The molecule has 3 heterocycles. The Balaban J connectivity index is 0.000000925. The summed E-state index contributed by atoms with van der Waals surface area (Å²) in [4.78, 5) is 28.1. The van der Waals surface area contributed by atoms with Crippen molar-refractivity contribution in [2.24, 2.45) is 17.6 Å². The van der Waals surface area contributed by atoms with Crippen LogP contribution >= 0.6 is 0 Å². The van der Waals surface area contributed by atoms with Gasteiger partial charge in [-0.1, -0.05) is 86.4 Å². The predicted molar refractivity (Wildman–Crippen MR) is 214 cm³/mol. The number of halogens is 3. The Labute approximate surface area is 321 Å². The van der Waals surface area contributed by atoms with E-state index >= 15 is 0 Å². The average Bonchev–Trinajstić information content (AvgIpc) is 3.89. The van der Waals surface area contributed by atoms with E-state index in [1.54, 1.807) is 20.1 Å². The monoisotopic (exact) mass is 756 g/mol. The maximum Gasteiger partial charge on any atom is 0.416 e. The molecule has 3 saturated heterocycles. The number of rotatable bonds is 9. The summed E-state index contributed by atoms with van der Waals surface area (Å²) in [5, 5.41) is 0. The Bertz CT molecular complexity index is 1130. The number of carbonyl (C=O) groups excluding carboxylic acids is 2. The zero-order valence-electron chi connectivity index (χ0n) is 35.0. The molecule has 2 amide bonds. The number of amides is 2. The van der Waals surface area contributed by atoms with Gasteiger partial charge in [-0.15, -0.1) is 0 Å². The van der Waals surface area contributed by atoms with Crippen LogP contribution in [0, 0.1) is 18.8 Å². The third-order valence-electron chi connectivity index (χ3n) is 10.0. The summed E-state index contributed by atoms with van der Waals surface area (Å²) in [7, 11) is 1.76. The largest absolute Gasteiger partial charge is 0.416 e. The van der Waals surface area contributed by atoms with Crippen LogP contribution in [0.3, 0.4) is 0 Å². The molecule has 308 valence electrons. The Kier molecular flexibility index (Phi) is 27.6. The lowest BCUT2D eigenvalue weighted by Gasteiger charge is -2.31. The number of carbonyl (C=O) groups is 2. The van der Waals surface area contributed by atoms with Crippen LogP contribution in [-0.4, -0.2) is 80.3 Å². The van der Waals surface area contributed by atoms with Gasteiger partial charge in [-0.3, -0.25) is 14.5 Å². The zero-order valence-corrected chi connectivity index (χ0v) is 35.0. The second-order valence-corrected chi connectivity index (χ2v) is 13.5. The van der Waals surface area contributed by atoms with E-state index in [0.29, 0.717) is 30.8 Å². The molecule has 0 radical (unpaired) electrons. The van der Waals surface area contributed by atoms with Crippen LogP contribution in [0.5, 0.6) is 0 Å². The molecule has 7 nitrogen and oxygen atoms in total. The van der Waals surface area contributed by atoms with Crippen molar-refractivity contribution in [1.29, 1.82) is 0 Å². The van der Waals surface area contributed by atoms with Crippen LogP contribution in [0.15, 0.2) is 30.4 Å². The molecule has 5 rings (SSSR count). The van der Waals surface area contributed by atoms with E-state index in [1.807, 2.05) is 46.4 Å². The lowest BCUT2D eigenvalue weighted by Crippen LogP contribution is -2.40. The third-order valence-corrected chi connectivity index (χ3v) is 10.0. The highest BCUT2D eigenvalue weighted by Gasteiger charge is 2.38. The van der Waals surface area contributed by atoms with Gasteiger partial charge in [0.25, 0.3) is 0 Å². The molecule has 1 aliphatic carbocycles. The third kappa shape index (κ3) is 18.2. The summed E-state index contributed by atoms with van der Waals surface area (Å²) >= 11 is 0. The second kappa shape index (κ2) is 28.9. The van der Waals surface area contributed by atoms with E-state index in [-0.39, 0.29) is 29.6 Å². The van der Waals surface area contributed by atoms with Crippen LogP contribution in [0.1, 0.15) is 149 Å². The van der Waals surface area contributed by atoms with Gasteiger partial charge in [-0.25, -0.2) is 0 Å². The summed E-state index contributed by atoms with van der Waals surface area (Å²) in [6, 6.07) is 4.51. The van der Waals surface area contributed by atoms with Crippen LogP contribution in [0.4, 0.5) is 13.2 Å². The molecule has 10 heteroatoms. The highest BCUT2D eigenvalue weighted by Crippen LogP contribution is 2.36. The minimum absolute atomic E-state index is 0.0466. The number of hydrogen-bond acceptors (Lipinski definition) is 5. The number of primary amides is 1. The minimum Gasteiger partial charge on any atom is -0.381 e. The van der Waals surface area contributed by atoms with Crippen LogP contribution < -0.4 is 5.73 Å². The molecule has 4 aliphatic rings. The number of ether oxygens (including phenoxy) is 2. The maximum absolute atomic E-state index is 13.0. The highest BCUT2D eigenvalue weighted by atomic mass is 19.4. The molecule has 3 atom stereocenters. The number of hydrogen-bond donors (Lipinski definition) is 1. The van der Waals surface area contributed by atoms with Crippen LogP contribution in [0.2, 0.25) is 0 Å². The van der Waals surface area contributed by atoms with Crippen molar-refractivity contribution in [1.82, 2.24) is 9.80 Å². The van der Waals surface area contributed by atoms with E-state index in [4.69, 9.17) is 15.2 Å². The molecule has 3 aliphatic heterocycles. The van der Waals surface area contributed by atoms with Crippen molar-refractivity contribution in [2.45, 2.75) is 157 Å². The lowest BCUT2D eigenvalue weighted by molar-refractivity contribution is -0.137. The topological polar surface area (TPSA) is 85.1 Å².